The first-order valence-corrected chi connectivity index (χ1v) is 10.9. The Morgan fingerprint density at radius 1 is 1.11 bits per heavy atom. The lowest BCUT2D eigenvalue weighted by atomic mass is 10.0. The molecule has 1 aromatic carbocycles. The summed E-state index contributed by atoms with van der Waals surface area (Å²) in [5.41, 5.74) is 0.695. The number of piperidine rings is 1. The third-order valence-electron chi connectivity index (χ3n) is 6.11. The summed E-state index contributed by atoms with van der Waals surface area (Å²) in [5.74, 6) is 1.63. The number of rotatable bonds is 7. The maximum absolute atomic E-state index is 12.7. The van der Waals surface area contributed by atoms with Crippen molar-refractivity contribution in [2.24, 2.45) is 5.92 Å². The van der Waals surface area contributed by atoms with Gasteiger partial charge in [0.25, 0.3) is 5.91 Å². The van der Waals surface area contributed by atoms with E-state index >= 15 is 0 Å². The van der Waals surface area contributed by atoms with E-state index < -0.39 is 0 Å². The summed E-state index contributed by atoms with van der Waals surface area (Å²) in [7, 11) is 0. The molecule has 1 N–H and O–H groups in total. The van der Waals surface area contributed by atoms with Crippen LogP contribution < -0.4 is 10.1 Å². The zero-order valence-corrected chi connectivity index (χ0v) is 17.3. The summed E-state index contributed by atoms with van der Waals surface area (Å²) in [4.78, 5) is 26.9. The van der Waals surface area contributed by atoms with E-state index in [1.807, 2.05) is 36.1 Å². The number of nitrogens with one attached hydrogen (secondary N) is 1. The van der Waals surface area contributed by atoms with Crippen molar-refractivity contribution in [1.29, 1.82) is 0 Å². The molecule has 1 aliphatic carbocycles. The second-order valence-corrected chi connectivity index (χ2v) is 8.35. The van der Waals surface area contributed by atoms with Crippen molar-refractivity contribution in [2.75, 3.05) is 13.1 Å². The van der Waals surface area contributed by atoms with Gasteiger partial charge in [0, 0.05) is 31.1 Å². The average molecular weight is 387 g/mol. The summed E-state index contributed by atoms with van der Waals surface area (Å²) in [6.07, 6.45) is 8.38. The first-order valence-electron chi connectivity index (χ1n) is 10.9. The first kappa shape index (κ1) is 20.7. The number of carbonyl (C=O) groups is 2. The van der Waals surface area contributed by atoms with Crippen LogP contribution in [0.2, 0.25) is 0 Å². The van der Waals surface area contributed by atoms with E-state index in [1.54, 1.807) is 0 Å². The number of likely N-dealkylation sites (tertiary alicyclic amines) is 1. The Hall–Kier alpha value is -2.04. The standard InChI is InChI=1S/C23H34N2O3/c1-3-17(2)28-21-10-8-19(9-11-21)23(27)25-14-12-20(13-15-25)24-22(26)16-18-6-4-5-7-18/h8-11,17-18,20H,3-7,12-16H2,1-2H3,(H,24,26). The van der Waals surface area contributed by atoms with Gasteiger partial charge in [-0.05, 0) is 69.2 Å². The van der Waals surface area contributed by atoms with Crippen LogP contribution in [0.1, 0.15) is 75.6 Å². The van der Waals surface area contributed by atoms with Crippen LogP contribution in [-0.2, 0) is 4.79 Å². The second kappa shape index (κ2) is 9.94. The van der Waals surface area contributed by atoms with Crippen LogP contribution in [-0.4, -0.2) is 41.9 Å². The summed E-state index contributed by atoms with van der Waals surface area (Å²) in [5, 5.41) is 3.18. The second-order valence-electron chi connectivity index (χ2n) is 8.35. The Labute approximate surface area is 168 Å². The van der Waals surface area contributed by atoms with Crippen LogP contribution in [0.3, 0.4) is 0 Å². The normalized spacial score (nSPS) is 19.4. The third-order valence-corrected chi connectivity index (χ3v) is 6.11. The van der Waals surface area contributed by atoms with Gasteiger partial charge in [-0.25, -0.2) is 0 Å². The maximum atomic E-state index is 12.7. The molecule has 1 aliphatic heterocycles. The largest absolute Gasteiger partial charge is 0.491 e. The van der Waals surface area contributed by atoms with Gasteiger partial charge in [0.15, 0.2) is 0 Å². The minimum absolute atomic E-state index is 0.0609. The van der Waals surface area contributed by atoms with Gasteiger partial charge in [0.1, 0.15) is 5.75 Å². The molecule has 154 valence electrons. The topological polar surface area (TPSA) is 58.6 Å². The minimum Gasteiger partial charge on any atom is -0.491 e. The van der Waals surface area contributed by atoms with E-state index in [1.165, 1.54) is 25.7 Å². The highest BCUT2D eigenvalue weighted by molar-refractivity contribution is 5.94. The van der Waals surface area contributed by atoms with Gasteiger partial charge >= 0.3 is 0 Å². The molecule has 0 radical (unpaired) electrons. The number of carbonyl (C=O) groups excluding carboxylic acids is 2. The molecule has 1 saturated heterocycles. The molecule has 1 saturated carbocycles. The number of benzene rings is 1. The summed E-state index contributed by atoms with van der Waals surface area (Å²) in [6, 6.07) is 7.62. The quantitative estimate of drug-likeness (QED) is 0.765. The highest BCUT2D eigenvalue weighted by atomic mass is 16.5. The molecule has 0 aromatic heterocycles. The molecule has 2 fully saturated rings. The van der Waals surface area contributed by atoms with Crippen LogP contribution in [0.5, 0.6) is 5.75 Å². The van der Waals surface area contributed by atoms with E-state index in [-0.39, 0.29) is 24.0 Å². The Balaban J connectivity index is 1.43. The van der Waals surface area contributed by atoms with E-state index in [2.05, 4.69) is 12.2 Å². The molecule has 1 aromatic rings. The first-order chi connectivity index (χ1) is 13.5. The smallest absolute Gasteiger partial charge is 0.253 e. The highest BCUT2D eigenvalue weighted by Gasteiger charge is 2.26. The van der Waals surface area contributed by atoms with Gasteiger partial charge in [0.05, 0.1) is 6.10 Å². The van der Waals surface area contributed by atoms with Crippen molar-refractivity contribution in [3.05, 3.63) is 29.8 Å². The van der Waals surface area contributed by atoms with Gasteiger partial charge in [0.2, 0.25) is 5.91 Å². The number of hydrogen-bond donors (Lipinski definition) is 1. The van der Waals surface area contributed by atoms with Crippen molar-refractivity contribution >= 4 is 11.8 Å². The lowest BCUT2D eigenvalue weighted by Crippen LogP contribution is -2.46. The molecule has 5 heteroatoms. The monoisotopic (exact) mass is 386 g/mol. The molecule has 1 heterocycles. The molecule has 2 aliphatic rings. The van der Waals surface area contributed by atoms with Gasteiger partial charge in [-0.1, -0.05) is 19.8 Å². The van der Waals surface area contributed by atoms with Crippen molar-refractivity contribution in [3.63, 3.8) is 0 Å². The van der Waals surface area contributed by atoms with E-state index in [0.717, 1.165) is 25.0 Å². The fraction of sp³-hybridized carbons (Fsp3) is 0.652. The van der Waals surface area contributed by atoms with Gasteiger partial charge in [-0.3, -0.25) is 9.59 Å². The van der Waals surface area contributed by atoms with E-state index in [0.29, 0.717) is 31.0 Å². The highest BCUT2D eigenvalue weighted by Crippen LogP contribution is 2.27. The summed E-state index contributed by atoms with van der Waals surface area (Å²) >= 11 is 0. The minimum atomic E-state index is 0.0609. The third kappa shape index (κ3) is 5.73. The lowest BCUT2D eigenvalue weighted by molar-refractivity contribution is -0.122. The Bertz CT molecular complexity index is 644. The Morgan fingerprint density at radius 3 is 2.36 bits per heavy atom. The van der Waals surface area contributed by atoms with Crippen LogP contribution >= 0.6 is 0 Å². The fourth-order valence-corrected chi connectivity index (χ4v) is 4.16. The van der Waals surface area contributed by atoms with E-state index in [4.69, 9.17) is 4.74 Å². The molecule has 2 amide bonds. The fourth-order valence-electron chi connectivity index (χ4n) is 4.16. The molecular formula is C23H34N2O3. The molecule has 5 nitrogen and oxygen atoms in total. The maximum Gasteiger partial charge on any atom is 0.253 e. The average Bonchev–Trinajstić information content (AvgIpc) is 3.21. The Kier molecular flexibility index (Phi) is 7.35. The molecule has 1 unspecified atom stereocenters. The number of amides is 2. The molecule has 0 bridgehead atoms. The zero-order chi connectivity index (χ0) is 19.9. The lowest BCUT2D eigenvalue weighted by Gasteiger charge is -2.32. The molecule has 28 heavy (non-hydrogen) atoms. The van der Waals surface area contributed by atoms with Crippen LogP contribution in [0.25, 0.3) is 0 Å². The van der Waals surface area contributed by atoms with Crippen molar-refractivity contribution in [3.8, 4) is 5.75 Å². The molecular weight excluding hydrogens is 352 g/mol. The molecule has 0 spiro atoms. The van der Waals surface area contributed by atoms with Gasteiger partial charge < -0.3 is 15.0 Å². The number of ether oxygens (including phenoxy) is 1. The summed E-state index contributed by atoms with van der Waals surface area (Å²) < 4.78 is 5.78. The predicted molar refractivity (Wildman–Crippen MR) is 110 cm³/mol. The van der Waals surface area contributed by atoms with Crippen LogP contribution in [0.15, 0.2) is 24.3 Å². The number of hydrogen-bond acceptors (Lipinski definition) is 3. The van der Waals surface area contributed by atoms with Crippen LogP contribution in [0.4, 0.5) is 0 Å². The predicted octanol–water partition coefficient (Wildman–Crippen LogP) is 4.17. The van der Waals surface area contributed by atoms with Crippen molar-refractivity contribution in [2.45, 2.75) is 77.4 Å². The molecule has 3 rings (SSSR count). The van der Waals surface area contributed by atoms with Crippen molar-refractivity contribution in [1.82, 2.24) is 10.2 Å². The molecule has 1 atom stereocenters. The van der Waals surface area contributed by atoms with Crippen LogP contribution in [0, 0.1) is 5.92 Å². The zero-order valence-electron chi connectivity index (χ0n) is 17.3. The Morgan fingerprint density at radius 2 is 1.75 bits per heavy atom. The van der Waals surface area contributed by atoms with Crippen molar-refractivity contribution < 1.29 is 14.3 Å². The van der Waals surface area contributed by atoms with E-state index in [9.17, 15) is 9.59 Å². The van der Waals surface area contributed by atoms with Gasteiger partial charge in [-0.2, -0.15) is 0 Å². The summed E-state index contributed by atoms with van der Waals surface area (Å²) in [6.45, 7) is 5.51. The SMILES string of the molecule is CCC(C)Oc1ccc(C(=O)N2CCC(NC(=O)CC3CCCC3)CC2)cc1. The van der Waals surface area contributed by atoms with Gasteiger partial charge in [-0.15, -0.1) is 0 Å². The number of nitrogens with zero attached hydrogens (tertiary/aromatic N) is 1.